The summed E-state index contributed by atoms with van der Waals surface area (Å²) < 4.78 is 26.6. The number of carbonyl (C=O) groups is 1. The molecule has 29 heavy (non-hydrogen) atoms. The van der Waals surface area contributed by atoms with E-state index in [4.69, 9.17) is 0 Å². The maximum absolute atomic E-state index is 13.3. The molecule has 1 atom stereocenters. The second-order valence-electron chi connectivity index (χ2n) is 7.56. The lowest BCUT2D eigenvalue weighted by molar-refractivity contribution is -0.123. The number of hydrogen-bond donors (Lipinski definition) is 2. The highest BCUT2D eigenvalue weighted by Gasteiger charge is 2.18. The Hall–Kier alpha value is -1.98. The van der Waals surface area contributed by atoms with E-state index < -0.39 is 0 Å². The molecule has 0 aliphatic carbocycles. The van der Waals surface area contributed by atoms with Crippen LogP contribution in [-0.4, -0.2) is 25.5 Å². The van der Waals surface area contributed by atoms with E-state index in [0.717, 1.165) is 30.4 Å². The molecule has 0 saturated heterocycles. The standard InChI is InChI=1S/C23H30F2N2O.ClH/c1-16(2)15-22(26-3)23(28)27-14-4-5-21(17-6-10-19(24)11-7-17)18-8-12-20(25)13-9-18;/h6-13,16,21-22,26H,4-5,14-15H2,1-3H3,(H,27,28);1H/t22-;/m1./s1. The summed E-state index contributed by atoms with van der Waals surface area (Å²) in [6.45, 7) is 4.75. The Morgan fingerprint density at radius 3 is 1.83 bits per heavy atom. The van der Waals surface area contributed by atoms with Crippen LogP contribution in [0.3, 0.4) is 0 Å². The molecule has 160 valence electrons. The van der Waals surface area contributed by atoms with Gasteiger partial charge in [-0.15, -0.1) is 12.4 Å². The fourth-order valence-electron chi connectivity index (χ4n) is 3.38. The Morgan fingerprint density at radius 2 is 1.41 bits per heavy atom. The fourth-order valence-corrected chi connectivity index (χ4v) is 3.38. The Labute approximate surface area is 178 Å². The van der Waals surface area contributed by atoms with Gasteiger partial charge in [0.2, 0.25) is 5.91 Å². The van der Waals surface area contributed by atoms with Crippen LogP contribution in [-0.2, 0) is 4.79 Å². The zero-order valence-corrected chi connectivity index (χ0v) is 18.1. The van der Waals surface area contributed by atoms with Crippen molar-refractivity contribution < 1.29 is 13.6 Å². The van der Waals surface area contributed by atoms with E-state index >= 15 is 0 Å². The Kier molecular flexibility index (Phi) is 10.8. The summed E-state index contributed by atoms with van der Waals surface area (Å²) in [5.74, 6) is -0.0935. The first-order valence-corrected chi connectivity index (χ1v) is 9.86. The highest BCUT2D eigenvalue weighted by atomic mass is 35.5. The highest BCUT2D eigenvalue weighted by Crippen LogP contribution is 2.29. The van der Waals surface area contributed by atoms with E-state index in [1.165, 1.54) is 24.3 Å². The second-order valence-corrected chi connectivity index (χ2v) is 7.56. The largest absolute Gasteiger partial charge is 0.355 e. The lowest BCUT2D eigenvalue weighted by Crippen LogP contribution is -2.43. The summed E-state index contributed by atoms with van der Waals surface area (Å²) in [6.07, 6.45) is 2.32. The molecule has 0 spiro atoms. The average molecular weight is 425 g/mol. The smallest absolute Gasteiger partial charge is 0.237 e. The minimum atomic E-state index is -0.280. The van der Waals surface area contributed by atoms with Crippen molar-refractivity contribution in [3.63, 3.8) is 0 Å². The number of nitrogens with one attached hydrogen (secondary N) is 2. The van der Waals surface area contributed by atoms with Gasteiger partial charge in [-0.1, -0.05) is 38.1 Å². The number of amides is 1. The normalized spacial score (nSPS) is 12.0. The van der Waals surface area contributed by atoms with Crippen molar-refractivity contribution in [1.29, 1.82) is 0 Å². The fraction of sp³-hybridized carbons (Fsp3) is 0.435. The summed E-state index contributed by atoms with van der Waals surface area (Å²) in [4.78, 5) is 12.3. The molecule has 2 aromatic rings. The number of benzene rings is 2. The van der Waals surface area contributed by atoms with Gasteiger partial charge in [-0.25, -0.2) is 8.78 Å². The van der Waals surface area contributed by atoms with Crippen molar-refractivity contribution in [2.24, 2.45) is 5.92 Å². The van der Waals surface area contributed by atoms with Crippen LogP contribution in [0, 0.1) is 17.6 Å². The molecule has 0 saturated carbocycles. The van der Waals surface area contributed by atoms with Crippen molar-refractivity contribution in [2.75, 3.05) is 13.6 Å². The Bertz CT molecular complexity index is 690. The van der Waals surface area contributed by atoms with Crippen LogP contribution in [0.5, 0.6) is 0 Å². The second kappa shape index (κ2) is 12.6. The first-order chi connectivity index (χ1) is 13.4. The average Bonchev–Trinajstić information content (AvgIpc) is 2.67. The number of carbonyl (C=O) groups excluding carboxylic acids is 1. The van der Waals surface area contributed by atoms with E-state index in [9.17, 15) is 13.6 Å². The molecule has 0 aromatic heterocycles. The third kappa shape index (κ3) is 8.11. The predicted octanol–water partition coefficient (Wildman–Crippen LogP) is 5.05. The van der Waals surface area contributed by atoms with E-state index in [2.05, 4.69) is 24.5 Å². The number of rotatable bonds is 10. The van der Waals surface area contributed by atoms with Gasteiger partial charge in [0.1, 0.15) is 11.6 Å². The van der Waals surface area contributed by atoms with Crippen LogP contribution in [0.4, 0.5) is 8.78 Å². The lowest BCUT2D eigenvalue weighted by Gasteiger charge is -2.20. The molecular formula is C23H31ClF2N2O. The van der Waals surface area contributed by atoms with Crippen LogP contribution in [0.2, 0.25) is 0 Å². The van der Waals surface area contributed by atoms with Crippen LogP contribution < -0.4 is 10.6 Å². The third-order valence-corrected chi connectivity index (χ3v) is 4.89. The molecule has 0 bridgehead atoms. The van der Waals surface area contributed by atoms with Gasteiger partial charge >= 0.3 is 0 Å². The van der Waals surface area contributed by atoms with Crippen molar-refractivity contribution >= 4 is 18.3 Å². The SMILES string of the molecule is CN[C@H](CC(C)C)C(=O)NCCCC(c1ccc(F)cc1)c1ccc(F)cc1.Cl. The topological polar surface area (TPSA) is 41.1 Å². The Balaban J connectivity index is 0.00000420. The van der Waals surface area contributed by atoms with Gasteiger partial charge in [-0.05, 0) is 67.6 Å². The number of halogens is 3. The van der Waals surface area contributed by atoms with E-state index in [1.807, 2.05) is 0 Å². The highest BCUT2D eigenvalue weighted by molar-refractivity contribution is 5.85. The van der Waals surface area contributed by atoms with E-state index in [1.54, 1.807) is 31.3 Å². The molecule has 0 aliphatic heterocycles. The van der Waals surface area contributed by atoms with Crippen molar-refractivity contribution in [3.8, 4) is 0 Å². The van der Waals surface area contributed by atoms with Crippen molar-refractivity contribution in [1.82, 2.24) is 10.6 Å². The van der Waals surface area contributed by atoms with Gasteiger partial charge in [0, 0.05) is 12.5 Å². The van der Waals surface area contributed by atoms with Crippen LogP contribution in [0.1, 0.15) is 50.2 Å². The Morgan fingerprint density at radius 1 is 0.931 bits per heavy atom. The van der Waals surface area contributed by atoms with Crippen LogP contribution in [0.25, 0.3) is 0 Å². The zero-order valence-electron chi connectivity index (χ0n) is 17.3. The molecule has 3 nitrogen and oxygen atoms in total. The third-order valence-electron chi connectivity index (χ3n) is 4.89. The molecule has 0 radical (unpaired) electrons. The van der Waals surface area contributed by atoms with Crippen molar-refractivity contribution in [2.45, 2.75) is 45.1 Å². The lowest BCUT2D eigenvalue weighted by atomic mass is 9.87. The van der Waals surface area contributed by atoms with Gasteiger partial charge in [0.05, 0.1) is 6.04 Å². The number of likely N-dealkylation sites (N-methyl/N-ethyl adjacent to an activating group) is 1. The van der Waals surface area contributed by atoms with Crippen LogP contribution in [0.15, 0.2) is 48.5 Å². The van der Waals surface area contributed by atoms with Gasteiger partial charge in [0.15, 0.2) is 0 Å². The summed E-state index contributed by atoms with van der Waals surface area (Å²) in [5, 5.41) is 6.06. The van der Waals surface area contributed by atoms with E-state index in [0.29, 0.717) is 12.5 Å². The first-order valence-electron chi connectivity index (χ1n) is 9.86. The quantitative estimate of drug-likeness (QED) is 0.524. The molecule has 6 heteroatoms. The molecule has 0 unspecified atom stereocenters. The summed E-state index contributed by atoms with van der Waals surface area (Å²) in [5.41, 5.74) is 1.96. The molecule has 0 aliphatic rings. The molecule has 2 N–H and O–H groups in total. The molecule has 0 heterocycles. The maximum atomic E-state index is 13.3. The maximum Gasteiger partial charge on any atom is 0.237 e. The molecule has 1 amide bonds. The molecule has 2 aromatic carbocycles. The van der Waals surface area contributed by atoms with Gasteiger partial charge in [-0.3, -0.25) is 4.79 Å². The molecule has 0 fully saturated rings. The first kappa shape index (κ1) is 25.1. The summed E-state index contributed by atoms with van der Waals surface area (Å²) in [6, 6.07) is 12.6. The van der Waals surface area contributed by atoms with E-state index in [-0.39, 0.29) is 41.9 Å². The van der Waals surface area contributed by atoms with Gasteiger partial charge in [0.25, 0.3) is 0 Å². The molecule has 2 rings (SSSR count). The van der Waals surface area contributed by atoms with Crippen LogP contribution >= 0.6 is 12.4 Å². The predicted molar refractivity (Wildman–Crippen MR) is 116 cm³/mol. The summed E-state index contributed by atoms with van der Waals surface area (Å²) in [7, 11) is 1.80. The zero-order chi connectivity index (χ0) is 20.5. The minimum Gasteiger partial charge on any atom is -0.355 e. The number of hydrogen-bond acceptors (Lipinski definition) is 2. The molecular weight excluding hydrogens is 394 g/mol. The van der Waals surface area contributed by atoms with Gasteiger partial charge < -0.3 is 10.6 Å². The summed E-state index contributed by atoms with van der Waals surface area (Å²) >= 11 is 0. The minimum absolute atomic E-state index is 0. The monoisotopic (exact) mass is 424 g/mol. The van der Waals surface area contributed by atoms with Gasteiger partial charge in [-0.2, -0.15) is 0 Å². The van der Waals surface area contributed by atoms with Crippen molar-refractivity contribution in [3.05, 3.63) is 71.3 Å².